The summed E-state index contributed by atoms with van der Waals surface area (Å²) >= 11 is 2.49. The molecule has 7 N–H and O–H groups in total. The minimum Gasteiger partial charge on any atom is -0.394 e. The van der Waals surface area contributed by atoms with Gasteiger partial charge in [-0.3, -0.25) is 0 Å². The monoisotopic (exact) mass is 491 g/mol. The molecule has 10 atom stereocenters. The second-order valence-electron chi connectivity index (χ2n) is 7.61. The molecule has 3 heterocycles. The molecule has 2 saturated heterocycles. The summed E-state index contributed by atoms with van der Waals surface area (Å²) in [6, 6.07) is 7.50. The van der Waals surface area contributed by atoms with Crippen LogP contribution in [0.1, 0.15) is 0 Å². The lowest BCUT2D eigenvalue weighted by atomic mass is 9.99. The molecule has 0 unspecified atom stereocenters. The Morgan fingerprint density at radius 2 is 1.56 bits per heavy atom. The summed E-state index contributed by atoms with van der Waals surface area (Å²) in [5.74, 6) is 0. The lowest BCUT2D eigenvalue weighted by molar-refractivity contribution is -0.311. The van der Waals surface area contributed by atoms with Crippen molar-refractivity contribution < 1.29 is 50.0 Å². The Kier molecular flexibility index (Phi) is 7.66. The molecule has 1 aromatic carbocycles. The topological polar surface area (TPSA) is 182 Å². The summed E-state index contributed by atoms with van der Waals surface area (Å²) in [6.07, 6.45) is -12.8. The number of aliphatic hydroxyl groups excluding tert-OH is 7. The number of aromatic nitrogens is 1. The van der Waals surface area contributed by atoms with Gasteiger partial charge in [-0.15, -0.1) is 11.3 Å². The van der Waals surface area contributed by atoms with Crippen LogP contribution in [0.5, 0.6) is 0 Å². The zero-order valence-electron chi connectivity index (χ0n) is 16.6. The summed E-state index contributed by atoms with van der Waals surface area (Å²) in [6.45, 7) is -0.982. The molecular weight excluding hydrogens is 466 g/mol. The molecule has 0 aliphatic carbocycles. The highest BCUT2D eigenvalue weighted by Gasteiger charge is 2.47. The van der Waals surface area contributed by atoms with E-state index >= 15 is 0 Å². The summed E-state index contributed by atoms with van der Waals surface area (Å²) in [4.78, 5) is 4.46. The molecule has 11 nitrogen and oxygen atoms in total. The summed E-state index contributed by atoms with van der Waals surface area (Å²) in [5.41, 5.74) is -0.175. The van der Waals surface area contributed by atoms with E-state index in [-0.39, 0.29) is 6.61 Å². The van der Waals surface area contributed by atoms with Crippen molar-refractivity contribution in [3.05, 3.63) is 24.3 Å². The van der Waals surface area contributed by atoms with Crippen LogP contribution in [-0.4, -0.2) is 115 Å². The van der Waals surface area contributed by atoms with Crippen LogP contribution in [-0.2, 0) is 14.2 Å². The van der Waals surface area contributed by atoms with Gasteiger partial charge >= 0.3 is 0 Å². The number of ether oxygens (including phenoxy) is 3. The molecule has 0 radical (unpaired) electrons. The number of thioether (sulfide) groups is 1. The first-order valence-corrected chi connectivity index (χ1v) is 11.6. The van der Waals surface area contributed by atoms with Crippen molar-refractivity contribution in [2.75, 3.05) is 13.2 Å². The van der Waals surface area contributed by atoms with Gasteiger partial charge in [-0.2, -0.15) is 0 Å². The summed E-state index contributed by atoms with van der Waals surface area (Å²) in [5, 5.41) is 70.1. The molecule has 2 fully saturated rings. The van der Waals surface area contributed by atoms with Gasteiger partial charge in [-0.25, -0.2) is 4.98 Å². The van der Waals surface area contributed by atoms with Crippen LogP contribution in [0, 0.1) is 0 Å². The van der Waals surface area contributed by atoms with Crippen LogP contribution < -0.4 is 0 Å². The van der Waals surface area contributed by atoms with Gasteiger partial charge in [0, 0.05) is 0 Å². The first-order chi connectivity index (χ1) is 15.3. The van der Waals surface area contributed by atoms with Gasteiger partial charge in [0.2, 0.25) is 0 Å². The van der Waals surface area contributed by atoms with E-state index in [2.05, 4.69) is 4.98 Å². The van der Waals surface area contributed by atoms with Crippen molar-refractivity contribution in [2.24, 2.45) is 0 Å². The van der Waals surface area contributed by atoms with Crippen molar-refractivity contribution >= 4 is 33.3 Å². The van der Waals surface area contributed by atoms with E-state index in [1.54, 1.807) is 0 Å². The predicted molar refractivity (Wildman–Crippen MR) is 112 cm³/mol. The lowest BCUT2D eigenvalue weighted by Crippen LogP contribution is -2.61. The third kappa shape index (κ3) is 4.80. The standard InChI is InChI=1S/C19H25NO10S2/c21-5-8-11(22)13(24)15(26)17(29-8)28-6-9-12(23)14(25)16(27)18(30-9)32-19-20-7-3-1-2-4-10(7)31-19/h1-4,8-9,11-18,21-27H,5-6H2/t8-,9-,11-,12-,13+,14+,15-,16-,17-,18+/m1/s1. The smallest absolute Gasteiger partial charge is 0.186 e. The Hall–Kier alpha value is -0.940. The minimum atomic E-state index is -1.61. The average molecular weight is 492 g/mol. The quantitative estimate of drug-likeness (QED) is 0.237. The number of hydrogen-bond acceptors (Lipinski definition) is 13. The molecule has 178 valence electrons. The molecule has 0 saturated carbocycles. The maximum atomic E-state index is 10.4. The SMILES string of the molecule is OC[C@H]1O[C@@H](OC[C@H]2O[C@@H](Sc3nc4ccccc4s3)[C@H](O)[C@@H](O)[C@@H]2O)[C@H](O)[C@@H](O)[C@@H]1O. The van der Waals surface area contributed by atoms with Gasteiger partial charge in [-0.05, 0) is 12.1 Å². The maximum Gasteiger partial charge on any atom is 0.186 e. The highest BCUT2D eigenvalue weighted by Crippen LogP contribution is 2.37. The number of nitrogens with zero attached hydrogens (tertiary/aromatic N) is 1. The number of rotatable bonds is 6. The van der Waals surface area contributed by atoms with Gasteiger partial charge in [0.1, 0.15) is 54.3 Å². The lowest BCUT2D eigenvalue weighted by Gasteiger charge is -2.42. The van der Waals surface area contributed by atoms with Crippen molar-refractivity contribution in [1.82, 2.24) is 4.98 Å². The normalized spacial score (nSPS) is 40.6. The molecule has 0 amide bonds. The number of thiazole rings is 1. The summed E-state index contributed by atoms with van der Waals surface area (Å²) in [7, 11) is 0. The van der Waals surface area contributed by atoms with E-state index in [1.807, 2.05) is 24.3 Å². The van der Waals surface area contributed by atoms with E-state index in [4.69, 9.17) is 14.2 Å². The fraction of sp³-hybridized carbons (Fsp3) is 0.632. The molecule has 32 heavy (non-hydrogen) atoms. The molecule has 13 heteroatoms. The van der Waals surface area contributed by atoms with Crippen molar-refractivity contribution in [3.8, 4) is 0 Å². The highest BCUT2D eigenvalue weighted by molar-refractivity contribution is 8.01. The molecule has 0 bridgehead atoms. The molecule has 0 spiro atoms. The van der Waals surface area contributed by atoms with Crippen molar-refractivity contribution in [3.63, 3.8) is 0 Å². The highest BCUT2D eigenvalue weighted by atomic mass is 32.2. The van der Waals surface area contributed by atoms with Gasteiger partial charge in [-0.1, -0.05) is 23.9 Å². The predicted octanol–water partition coefficient (Wildman–Crippen LogP) is -1.99. The number of fused-ring (bicyclic) bond motifs is 1. The van der Waals surface area contributed by atoms with Crippen LogP contribution in [0.2, 0.25) is 0 Å². The molecule has 2 aliphatic heterocycles. The number of para-hydroxylation sites is 1. The Balaban J connectivity index is 1.42. The van der Waals surface area contributed by atoms with Crippen molar-refractivity contribution in [1.29, 1.82) is 0 Å². The van der Waals surface area contributed by atoms with Crippen LogP contribution in [0.3, 0.4) is 0 Å². The Labute approximate surface area is 190 Å². The van der Waals surface area contributed by atoms with E-state index in [9.17, 15) is 35.7 Å². The fourth-order valence-corrected chi connectivity index (χ4v) is 5.84. The fourth-order valence-electron chi connectivity index (χ4n) is 3.55. The molecule has 2 aliphatic rings. The van der Waals surface area contributed by atoms with Gasteiger partial charge in [0.25, 0.3) is 0 Å². The Bertz CT molecular complexity index is 867. The first-order valence-electron chi connectivity index (χ1n) is 9.94. The maximum absolute atomic E-state index is 10.4. The van der Waals surface area contributed by atoms with Gasteiger partial charge < -0.3 is 50.0 Å². The summed E-state index contributed by atoms with van der Waals surface area (Å²) < 4.78 is 18.0. The largest absolute Gasteiger partial charge is 0.394 e. The zero-order chi connectivity index (χ0) is 23.0. The van der Waals surface area contributed by atoms with E-state index in [0.29, 0.717) is 4.34 Å². The second kappa shape index (κ2) is 10.1. The first kappa shape index (κ1) is 24.2. The number of benzene rings is 1. The minimum absolute atomic E-state index is 0.370. The van der Waals surface area contributed by atoms with Crippen LogP contribution in [0.4, 0.5) is 0 Å². The molecular formula is C19H25NO10S2. The average Bonchev–Trinajstić information content (AvgIpc) is 3.20. The van der Waals surface area contributed by atoms with E-state index in [0.717, 1.165) is 22.0 Å². The molecule has 4 rings (SSSR count). The Morgan fingerprint density at radius 3 is 2.28 bits per heavy atom. The molecule has 2 aromatic rings. The van der Waals surface area contributed by atoms with Gasteiger partial charge in [0.15, 0.2) is 10.6 Å². The van der Waals surface area contributed by atoms with E-state index in [1.165, 1.54) is 11.3 Å². The van der Waals surface area contributed by atoms with Crippen LogP contribution in [0.25, 0.3) is 10.2 Å². The van der Waals surface area contributed by atoms with Crippen LogP contribution in [0.15, 0.2) is 28.6 Å². The second-order valence-corrected chi connectivity index (χ2v) is 9.99. The van der Waals surface area contributed by atoms with Crippen LogP contribution >= 0.6 is 23.1 Å². The Morgan fingerprint density at radius 1 is 0.875 bits per heavy atom. The molecule has 1 aromatic heterocycles. The number of hydrogen-bond donors (Lipinski definition) is 7. The van der Waals surface area contributed by atoms with Gasteiger partial charge in [0.05, 0.1) is 23.4 Å². The number of aliphatic hydroxyl groups is 7. The third-order valence-corrected chi connectivity index (χ3v) is 7.72. The van der Waals surface area contributed by atoms with Crippen molar-refractivity contribution in [2.45, 2.75) is 64.9 Å². The third-order valence-electron chi connectivity index (χ3n) is 5.43. The van der Waals surface area contributed by atoms with E-state index < -0.39 is 67.2 Å². The zero-order valence-corrected chi connectivity index (χ0v) is 18.2.